The van der Waals surface area contributed by atoms with E-state index in [-0.39, 0.29) is 25.2 Å². The Morgan fingerprint density at radius 3 is 2.56 bits per heavy atom. The maximum atomic E-state index is 13.6. The fourth-order valence-electron chi connectivity index (χ4n) is 3.12. The number of aryl methyl sites for hydroxylation is 1. The van der Waals surface area contributed by atoms with Gasteiger partial charge >= 0.3 is 12.3 Å². The van der Waals surface area contributed by atoms with Gasteiger partial charge in [0.25, 0.3) is 0 Å². The Bertz CT molecular complexity index is 985. The molecule has 11 heteroatoms. The Morgan fingerprint density at radius 1 is 1.33 bits per heavy atom. The first-order valence-corrected chi connectivity index (χ1v) is 9.50. The minimum atomic E-state index is -4.89. The highest BCUT2D eigenvalue weighted by atomic mass is 32.2. The summed E-state index contributed by atoms with van der Waals surface area (Å²) in [4.78, 5) is 15.0. The van der Waals surface area contributed by atoms with Gasteiger partial charge in [-0.25, -0.2) is 18.2 Å². The van der Waals surface area contributed by atoms with Crippen LogP contribution in [0.3, 0.4) is 0 Å². The first-order chi connectivity index (χ1) is 12.5. The number of hydrogen-bond donors (Lipinski definition) is 1. The molecular formula is C16H16F3N3O4S. The quantitative estimate of drug-likeness (QED) is 0.851. The van der Waals surface area contributed by atoms with Crippen LogP contribution < -0.4 is 0 Å². The van der Waals surface area contributed by atoms with Crippen LogP contribution in [-0.4, -0.2) is 52.4 Å². The predicted molar refractivity (Wildman–Crippen MR) is 88.5 cm³/mol. The van der Waals surface area contributed by atoms with Gasteiger partial charge in [-0.1, -0.05) is 0 Å². The number of sulfone groups is 1. The second kappa shape index (κ2) is 6.55. The van der Waals surface area contributed by atoms with Crippen molar-refractivity contribution in [3.05, 3.63) is 42.0 Å². The number of benzene rings is 1. The lowest BCUT2D eigenvalue weighted by Crippen LogP contribution is -2.31. The van der Waals surface area contributed by atoms with Crippen LogP contribution in [0.15, 0.2) is 35.5 Å². The summed E-state index contributed by atoms with van der Waals surface area (Å²) in [6.45, 7) is 1.22. The Balaban J connectivity index is 2.07. The highest BCUT2D eigenvalue weighted by Crippen LogP contribution is 2.38. The zero-order valence-corrected chi connectivity index (χ0v) is 15.0. The number of halogens is 3. The summed E-state index contributed by atoms with van der Waals surface area (Å²) in [5, 5.41) is 7.75. The van der Waals surface area contributed by atoms with Crippen LogP contribution in [0, 0.1) is 6.92 Å². The highest BCUT2D eigenvalue weighted by molar-refractivity contribution is 7.92. The normalized spacial score (nSPS) is 18.1. The van der Waals surface area contributed by atoms with Gasteiger partial charge in [0.1, 0.15) is 5.82 Å². The molecule has 2 aromatic rings. The first kappa shape index (κ1) is 19.2. The molecule has 0 spiro atoms. The molecule has 146 valence electrons. The molecule has 1 N–H and O–H groups in total. The number of imidazole rings is 1. The third-order valence-corrected chi connectivity index (χ3v) is 6.76. The SMILES string of the molecule is Cc1nccn1-c1ccc(S(=O)(=O)C2CCN(C(=O)O)C2)c(C(F)(F)F)c1. The van der Waals surface area contributed by atoms with Gasteiger partial charge in [-0.2, -0.15) is 13.2 Å². The minimum Gasteiger partial charge on any atom is -0.465 e. The van der Waals surface area contributed by atoms with E-state index in [2.05, 4.69) is 4.98 Å². The zero-order valence-electron chi connectivity index (χ0n) is 14.1. The van der Waals surface area contributed by atoms with Crippen LogP contribution >= 0.6 is 0 Å². The smallest absolute Gasteiger partial charge is 0.417 e. The van der Waals surface area contributed by atoms with E-state index in [1.54, 1.807) is 6.92 Å². The summed E-state index contributed by atoms with van der Waals surface area (Å²) in [7, 11) is -4.36. The number of rotatable bonds is 3. The van der Waals surface area contributed by atoms with Gasteiger partial charge in [-0.15, -0.1) is 0 Å². The summed E-state index contributed by atoms with van der Waals surface area (Å²) < 4.78 is 67.8. The van der Waals surface area contributed by atoms with Crippen LogP contribution in [0.5, 0.6) is 0 Å². The molecule has 27 heavy (non-hydrogen) atoms. The largest absolute Gasteiger partial charge is 0.465 e. The van der Waals surface area contributed by atoms with E-state index < -0.39 is 37.8 Å². The van der Waals surface area contributed by atoms with Crippen molar-refractivity contribution in [1.82, 2.24) is 14.5 Å². The van der Waals surface area contributed by atoms with Crippen molar-refractivity contribution in [2.45, 2.75) is 29.7 Å². The van der Waals surface area contributed by atoms with Crippen LogP contribution in [0.2, 0.25) is 0 Å². The number of aromatic nitrogens is 2. The molecule has 0 bridgehead atoms. The first-order valence-electron chi connectivity index (χ1n) is 7.95. The third kappa shape index (κ3) is 3.51. The number of amides is 1. The molecule has 1 aromatic carbocycles. The molecule has 1 unspecified atom stereocenters. The van der Waals surface area contributed by atoms with Gasteiger partial charge in [0.15, 0.2) is 9.84 Å². The number of carbonyl (C=O) groups is 1. The van der Waals surface area contributed by atoms with E-state index in [1.165, 1.54) is 23.0 Å². The van der Waals surface area contributed by atoms with Crippen LogP contribution in [0.25, 0.3) is 5.69 Å². The monoisotopic (exact) mass is 403 g/mol. The molecule has 0 radical (unpaired) electrons. The van der Waals surface area contributed by atoms with E-state index in [0.29, 0.717) is 5.82 Å². The van der Waals surface area contributed by atoms with E-state index >= 15 is 0 Å². The molecule has 1 amide bonds. The Hall–Kier alpha value is -2.56. The maximum Gasteiger partial charge on any atom is 0.417 e. The van der Waals surface area contributed by atoms with Crippen LogP contribution in [0.4, 0.5) is 18.0 Å². The molecule has 2 heterocycles. The fraction of sp³-hybridized carbons (Fsp3) is 0.375. The van der Waals surface area contributed by atoms with Gasteiger partial charge in [-0.05, 0) is 31.5 Å². The number of likely N-dealkylation sites (tertiary alicyclic amines) is 1. The molecule has 1 aliphatic heterocycles. The Kier molecular flexibility index (Phi) is 4.66. The second-order valence-corrected chi connectivity index (χ2v) is 8.40. The topological polar surface area (TPSA) is 92.5 Å². The zero-order chi connectivity index (χ0) is 20.0. The average Bonchev–Trinajstić information content (AvgIpc) is 3.22. The van der Waals surface area contributed by atoms with Crippen molar-refractivity contribution in [1.29, 1.82) is 0 Å². The van der Waals surface area contributed by atoms with Crippen LogP contribution in [-0.2, 0) is 16.0 Å². The number of alkyl halides is 3. The molecule has 0 aliphatic carbocycles. The summed E-state index contributed by atoms with van der Waals surface area (Å²) in [5.41, 5.74) is -1.14. The minimum absolute atomic E-state index is 0.0348. The summed E-state index contributed by atoms with van der Waals surface area (Å²) >= 11 is 0. The van der Waals surface area contributed by atoms with E-state index in [4.69, 9.17) is 5.11 Å². The fourth-order valence-corrected chi connectivity index (χ4v) is 5.01. The van der Waals surface area contributed by atoms with Crippen molar-refractivity contribution in [3.8, 4) is 5.69 Å². The summed E-state index contributed by atoms with van der Waals surface area (Å²) in [5.74, 6) is 0.451. The summed E-state index contributed by atoms with van der Waals surface area (Å²) in [6, 6.07) is 2.97. The maximum absolute atomic E-state index is 13.6. The molecular weight excluding hydrogens is 387 g/mol. The standard InChI is InChI=1S/C16H16F3N3O4S/c1-10-20-5-7-22(10)11-2-3-14(13(8-11)16(17,18)19)27(25,26)12-4-6-21(9-12)15(23)24/h2-3,5,7-8,12H,4,6,9H2,1H3,(H,23,24). The molecule has 1 atom stereocenters. The second-order valence-electron chi connectivity index (χ2n) is 6.21. The highest BCUT2D eigenvalue weighted by Gasteiger charge is 2.42. The molecule has 1 aliphatic rings. The Labute approximate surface area is 153 Å². The van der Waals surface area contributed by atoms with Gasteiger partial charge in [0.05, 0.1) is 15.7 Å². The van der Waals surface area contributed by atoms with Gasteiger partial charge < -0.3 is 14.6 Å². The predicted octanol–water partition coefficient (Wildman–Crippen LogP) is 2.73. The van der Waals surface area contributed by atoms with Crippen molar-refractivity contribution < 1.29 is 31.5 Å². The van der Waals surface area contributed by atoms with Crippen molar-refractivity contribution in [2.24, 2.45) is 0 Å². The average molecular weight is 403 g/mol. The molecule has 7 nitrogen and oxygen atoms in total. The van der Waals surface area contributed by atoms with Crippen molar-refractivity contribution in [2.75, 3.05) is 13.1 Å². The molecule has 0 saturated carbocycles. The van der Waals surface area contributed by atoms with Crippen molar-refractivity contribution in [3.63, 3.8) is 0 Å². The Morgan fingerprint density at radius 2 is 2.04 bits per heavy atom. The van der Waals surface area contributed by atoms with Gasteiger partial charge in [0, 0.05) is 31.2 Å². The molecule has 1 aromatic heterocycles. The van der Waals surface area contributed by atoms with Gasteiger partial charge in [-0.3, -0.25) is 0 Å². The third-order valence-electron chi connectivity index (χ3n) is 4.53. The lowest BCUT2D eigenvalue weighted by molar-refractivity contribution is -0.139. The van der Waals surface area contributed by atoms with Crippen molar-refractivity contribution >= 4 is 15.9 Å². The van der Waals surface area contributed by atoms with Crippen LogP contribution in [0.1, 0.15) is 17.8 Å². The molecule has 1 saturated heterocycles. The number of nitrogens with zero attached hydrogens (tertiary/aromatic N) is 3. The number of hydrogen-bond acceptors (Lipinski definition) is 4. The lowest BCUT2D eigenvalue weighted by atomic mass is 10.2. The van der Waals surface area contributed by atoms with E-state index in [0.717, 1.165) is 17.0 Å². The molecule has 1 fully saturated rings. The van der Waals surface area contributed by atoms with E-state index in [1.807, 2.05) is 0 Å². The van der Waals surface area contributed by atoms with E-state index in [9.17, 15) is 26.4 Å². The summed E-state index contributed by atoms with van der Waals surface area (Å²) in [6.07, 6.45) is -3.34. The molecule has 3 rings (SSSR count). The number of carboxylic acid groups (broad SMARTS) is 1. The lowest BCUT2D eigenvalue weighted by Gasteiger charge is -2.18. The van der Waals surface area contributed by atoms with Gasteiger partial charge in [0.2, 0.25) is 0 Å².